The molecule has 0 heterocycles. The molecule has 1 saturated carbocycles. The summed E-state index contributed by atoms with van der Waals surface area (Å²) < 4.78 is 1.26. The average molecular weight is 324 g/mol. The predicted molar refractivity (Wildman–Crippen MR) is 86.6 cm³/mol. The third-order valence-corrected chi connectivity index (χ3v) is 5.61. The van der Waals surface area contributed by atoms with E-state index in [1.54, 1.807) is 0 Å². The van der Waals surface area contributed by atoms with Crippen LogP contribution in [-0.4, -0.2) is 6.54 Å². The van der Waals surface area contributed by atoms with Gasteiger partial charge in [0.15, 0.2) is 0 Å². The third kappa shape index (κ3) is 3.61. The van der Waals surface area contributed by atoms with Crippen LogP contribution in [0.25, 0.3) is 0 Å². The minimum atomic E-state index is 0.538. The molecule has 19 heavy (non-hydrogen) atoms. The molecular weight excluding hydrogens is 298 g/mol. The maximum atomic E-state index is 3.73. The van der Waals surface area contributed by atoms with Gasteiger partial charge in [0, 0.05) is 10.5 Å². The van der Waals surface area contributed by atoms with Crippen LogP contribution in [0.5, 0.6) is 0 Å². The van der Waals surface area contributed by atoms with Gasteiger partial charge in [-0.2, -0.15) is 0 Å². The van der Waals surface area contributed by atoms with E-state index >= 15 is 0 Å². The summed E-state index contributed by atoms with van der Waals surface area (Å²) in [6, 6.07) is 5.26. The second-order valence-corrected chi connectivity index (χ2v) is 6.70. The van der Waals surface area contributed by atoms with Crippen LogP contribution in [0.1, 0.15) is 61.8 Å². The maximum absolute atomic E-state index is 3.73. The van der Waals surface area contributed by atoms with Crippen molar-refractivity contribution >= 4 is 15.9 Å². The fourth-order valence-electron chi connectivity index (χ4n) is 3.40. The molecule has 1 aliphatic carbocycles. The molecule has 0 saturated heterocycles. The molecule has 0 spiro atoms. The molecule has 106 valence electrons. The van der Waals surface area contributed by atoms with E-state index in [-0.39, 0.29) is 0 Å². The zero-order valence-electron chi connectivity index (χ0n) is 12.4. The molecule has 1 N–H and O–H groups in total. The van der Waals surface area contributed by atoms with Crippen LogP contribution in [0.2, 0.25) is 0 Å². The van der Waals surface area contributed by atoms with E-state index in [0.29, 0.717) is 6.04 Å². The molecule has 0 radical (unpaired) electrons. The average Bonchev–Trinajstić information content (AvgIpc) is 2.42. The van der Waals surface area contributed by atoms with Crippen molar-refractivity contribution in [3.8, 4) is 0 Å². The first-order valence-corrected chi connectivity index (χ1v) is 8.42. The lowest BCUT2D eigenvalue weighted by atomic mass is 9.80. The summed E-state index contributed by atoms with van der Waals surface area (Å²) in [5.41, 5.74) is 4.19. The zero-order chi connectivity index (χ0) is 13.8. The molecule has 1 aromatic carbocycles. The van der Waals surface area contributed by atoms with Crippen LogP contribution >= 0.6 is 15.9 Å². The van der Waals surface area contributed by atoms with E-state index in [0.717, 1.165) is 12.5 Å². The van der Waals surface area contributed by atoms with Gasteiger partial charge in [-0.1, -0.05) is 54.2 Å². The van der Waals surface area contributed by atoms with Crippen molar-refractivity contribution in [1.82, 2.24) is 5.32 Å². The summed E-state index contributed by atoms with van der Waals surface area (Å²) in [6.07, 6.45) is 6.99. The summed E-state index contributed by atoms with van der Waals surface area (Å²) in [4.78, 5) is 0. The quantitative estimate of drug-likeness (QED) is 0.793. The Bertz CT molecular complexity index is 398. The lowest BCUT2D eigenvalue weighted by Gasteiger charge is -2.32. The summed E-state index contributed by atoms with van der Waals surface area (Å²) in [5, 5.41) is 3.73. The predicted octanol–water partition coefficient (Wildman–Crippen LogP) is 5.30. The summed E-state index contributed by atoms with van der Waals surface area (Å²) in [5.74, 6) is 0.814. The van der Waals surface area contributed by atoms with Crippen LogP contribution in [0.3, 0.4) is 0 Å². The van der Waals surface area contributed by atoms with E-state index in [9.17, 15) is 0 Å². The van der Waals surface area contributed by atoms with Gasteiger partial charge in [0.1, 0.15) is 0 Å². The van der Waals surface area contributed by atoms with Crippen molar-refractivity contribution in [2.24, 2.45) is 5.92 Å². The van der Waals surface area contributed by atoms with Gasteiger partial charge in [-0.25, -0.2) is 0 Å². The van der Waals surface area contributed by atoms with E-state index in [1.807, 2.05) is 0 Å². The lowest BCUT2D eigenvalue weighted by Crippen LogP contribution is -2.29. The number of nitrogens with one attached hydrogen (secondary N) is 1. The lowest BCUT2D eigenvalue weighted by molar-refractivity contribution is 0.274. The van der Waals surface area contributed by atoms with Gasteiger partial charge in [-0.05, 0) is 55.8 Å². The standard InChI is InChI=1S/C17H26BrN/c1-4-19-17(14-8-6-5-7-9-14)15-10-12(2)16(18)13(3)11-15/h10-11,14,17,19H,4-9H2,1-3H3. The molecule has 0 bridgehead atoms. The van der Waals surface area contributed by atoms with E-state index in [1.165, 1.54) is 53.3 Å². The smallest absolute Gasteiger partial charge is 0.0348 e. The minimum absolute atomic E-state index is 0.538. The topological polar surface area (TPSA) is 12.0 Å². The van der Waals surface area contributed by atoms with Crippen molar-refractivity contribution in [2.45, 2.75) is 58.9 Å². The Hall–Kier alpha value is -0.340. The molecule has 1 atom stereocenters. The molecule has 1 nitrogen and oxygen atoms in total. The van der Waals surface area contributed by atoms with Crippen LogP contribution in [0, 0.1) is 19.8 Å². The Morgan fingerprint density at radius 3 is 2.26 bits per heavy atom. The Kier molecular flexibility index (Phi) is 5.47. The summed E-state index contributed by atoms with van der Waals surface area (Å²) in [6.45, 7) is 7.67. The number of hydrogen-bond acceptors (Lipinski definition) is 1. The maximum Gasteiger partial charge on any atom is 0.0348 e. The van der Waals surface area contributed by atoms with Crippen LogP contribution in [0.15, 0.2) is 16.6 Å². The number of aryl methyl sites for hydroxylation is 2. The first-order valence-electron chi connectivity index (χ1n) is 7.63. The first kappa shape index (κ1) is 15.1. The molecule has 2 heteroatoms. The van der Waals surface area contributed by atoms with Gasteiger partial charge in [-0.15, -0.1) is 0 Å². The molecule has 1 aromatic rings. The Labute approximate surface area is 126 Å². The molecule has 2 rings (SSSR count). The molecular formula is C17H26BrN. The van der Waals surface area contributed by atoms with Crippen molar-refractivity contribution in [2.75, 3.05) is 6.54 Å². The van der Waals surface area contributed by atoms with E-state index in [4.69, 9.17) is 0 Å². The van der Waals surface area contributed by atoms with Crippen molar-refractivity contribution in [3.05, 3.63) is 33.3 Å². The summed E-state index contributed by atoms with van der Waals surface area (Å²) >= 11 is 3.68. The highest BCUT2D eigenvalue weighted by Gasteiger charge is 2.24. The first-order chi connectivity index (χ1) is 9.13. The zero-order valence-corrected chi connectivity index (χ0v) is 14.0. The van der Waals surface area contributed by atoms with Crippen LogP contribution < -0.4 is 5.32 Å². The third-order valence-electron chi connectivity index (χ3n) is 4.36. The molecule has 1 unspecified atom stereocenters. The second kappa shape index (κ2) is 6.90. The number of benzene rings is 1. The normalized spacial score (nSPS) is 18.5. The van der Waals surface area contributed by atoms with Gasteiger partial charge in [-0.3, -0.25) is 0 Å². The molecule has 1 aliphatic rings. The van der Waals surface area contributed by atoms with Gasteiger partial charge < -0.3 is 5.32 Å². The fraction of sp³-hybridized carbons (Fsp3) is 0.647. The van der Waals surface area contributed by atoms with Gasteiger partial charge in [0.25, 0.3) is 0 Å². The van der Waals surface area contributed by atoms with Gasteiger partial charge >= 0.3 is 0 Å². The Balaban J connectivity index is 2.27. The van der Waals surface area contributed by atoms with E-state index in [2.05, 4.69) is 54.2 Å². The summed E-state index contributed by atoms with van der Waals surface area (Å²) in [7, 11) is 0. The highest BCUT2D eigenvalue weighted by molar-refractivity contribution is 9.10. The Morgan fingerprint density at radius 1 is 1.16 bits per heavy atom. The number of halogens is 1. The number of rotatable bonds is 4. The highest BCUT2D eigenvalue weighted by Crippen LogP contribution is 2.36. The van der Waals surface area contributed by atoms with E-state index < -0.39 is 0 Å². The minimum Gasteiger partial charge on any atom is -0.310 e. The molecule has 0 aromatic heterocycles. The molecule has 0 aliphatic heterocycles. The largest absolute Gasteiger partial charge is 0.310 e. The SMILES string of the molecule is CCNC(c1cc(C)c(Br)c(C)c1)C1CCCCC1. The highest BCUT2D eigenvalue weighted by atomic mass is 79.9. The van der Waals surface area contributed by atoms with Crippen molar-refractivity contribution in [3.63, 3.8) is 0 Å². The van der Waals surface area contributed by atoms with Crippen LogP contribution in [-0.2, 0) is 0 Å². The second-order valence-electron chi connectivity index (χ2n) is 5.90. The molecule has 1 fully saturated rings. The van der Waals surface area contributed by atoms with Crippen LogP contribution in [0.4, 0.5) is 0 Å². The monoisotopic (exact) mass is 323 g/mol. The fourth-order valence-corrected chi connectivity index (χ4v) is 3.63. The van der Waals surface area contributed by atoms with Gasteiger partial charge in [0.05, 0.1) is 0 Å². The van der Waals surface area contributed by atoms with Crippen molar-refractivity contribution < 1.29 is 0 Å². The molecule has 0 amide bonds. The van der Waals surface area contributed by atoms with Crippen molar-refractivity contribution in [1.29, 1.82) is 0 Å². The Morgan fingerprint density at radius 2 is 1.74 bits per heavy atom. The number of hydrogen-bond donors (Lipinski definition) is 1. The van der Waals surface area contributed by atoms with Gasteiger partial charge in [0.2, 0.25) is 0 Å².